The van der Waals surface area contributed by atoms with Crippen molar-refractivity contribution in [2.75, 3.05) is 46.1 Å². The smallest absolute Gasteiger partial charge is 0.306 e. The van der Waals surface area contributed by atoms with Crippen molar-refractivity contribution < 1.29 is 23.9 Å². The van der Waals surface area contributed by atoms with E-state index in [2.05, 4.69) is 72.7 Å². The van der Waals surface area contributed by atoms with Crippen LogP contribution in [-0.4, -0.2) is 79.2 Å². The molecule has 0 aromatic carbocycles. The number of amides is 1. The first kappa shape index (κ1) is 54.8. The molecular formula is C56H98N2O5S. The summed E-state index contributed by atoms with van der Waals surface area (Å²) in [7, 11) is 4.15. The molecule has 3 saturated carbocycles. The summed E-state index contributed by atoms with van der Waals surface area (Å²) >= 11 is 1.45. The van der Waals surface area contributed by atoms with Gasteiger partial charge in [0, 0.05) is 38.1 Å². The van der Waals surface area contributed by atoms with Crippen molar-refractivity contribution in [1.29, 1.82) is 0 Å². The molecule has 64 heavy (non-hydrogen) atoms. The molecular weight excluding hydrogens is 813 g/mol. The van der Waals surface area contributed by atoms with Gasteiger partial charge in [-0.15, -0.1) is 0 Å². The first-order valence-corrected chi connectivity index (χ1v) is 28.1. The summed E-state index contributed by atoms with van der Waals surface area (Å²) in [6.07, 6.45) is 35.6. The predicted molar refractivity (Wildman–Crippen MR) is 271 cm³/mol. The van der Waals surface area contributed by atoms with E-state index < -0.39 is 0 Å². The van der Waals surface area contributed by atoms with Crippen molar-refractivity contribution in [2.24, 2.45) is 40.4 Å². The third-order valence-electron chi connectivity index (χ3n) is 16.4. The average Bonchev–Trinajstić information content (AvgIpc) is 3.62. The average molecular weight is 911 g/mol. The van der Waals surface area contributed by atoms with Crippen molar-refractivity contribution in [1.82, 2.24) is 9.80 Å². The number of hydrogen-bond acceptors (Lipinski definition) is 7. The van der Waals surface area contributed by atoms with E-state index in [1.165, 1.54) is 94.4 Å². The Bertz CT molecular complexity index is 1440. The Hall–Kier alpha value is -1.80. The van der Waals surface area contributed by atoms with Crippen LogP contribution in [0.15, 0.2) is 23.3 Å². The van der Waals surface area contributed by atoms with Gasteiger partial charge in [0.25, 0.3) is 5.24 Å². The van der Waals surface area contributed by atoms with E-state index in [1.54, 1.807) is 5.57 Å². The second kappa shape index (κ2) is 29.2. The highest BCUT2D eigenvalue weighted by molar-refractivity contribution is 8.13. The molecule has 0 aliphatic heterocycles. The fourth-order valence-electron chi connectivity index (χ4n) is 12.4. The molecule has 4 aliphatic rings. The number of thioether (sulfide) groups is 1. The second-order valence-electron chi connectivity index (χ2n) is 22.2. The van der Waals surface area contributed by atoms with E-state index in [0.29, 0.717) is 30.8 Å². The Labute approximate surface area is 398 Å². The molecule has 4 aliphatic carbocycles. The maximum absolute atomic E-state index is 13.3. The lowest BCUT2D eigenvalue weighted by molar-refractivity contribution is -0.151. The SMILES string of the molecule is CCCCCCCCCOC(=O)CCCCCCN(CCCCCCC(=O)OC1CCC2(C)C(=CC=C3C2CCC2(C)C3CCC2C(C)CCCC(C)C)C1)C(=O)SCCCN(C)C. The van der Waals surface area contributed by atoms with Gasteiger partial charge in [-0.05, 0) is 138 Å². The van der Waals surface area contributed by atoms with Gasteiger partial charge in [0.15, 0.2) is 0 Å². The number of rotatable bonds is 32. The first-order valence-electron chi connectivity index (χ1n) is 27.1. The highest BCUT2D eigenvalue weighted by Gasteiger charge is 2.57. The van der Waals surface area contributed by atoms with Crippen LogP contribution in [0.2, 0.25) is 0 Å². The molecule has 3 fully saturated rings. The third-order valence-corrected chi connectivity index (χ3v) is 17.4. The lowest BCUT2D eigenvalue weighted by Gasteiger charge is -2.55. The number of unbranched alkanes of at least 4 members (excludes halogenated alkanes) is 12. The van der Waals surface area contributed by atoms with Gasteiger partial charge in [-0.25, -0.2) is 0 Å². The van der Waals surface area contributed by atoms with Crippen LogP contribution in [0.3, 0.4) is 0 Å². The number of hydrogen-bond donors (Lipinski definition) is 0. The largest absolute Gasteiger partial charge is 0.466 e. The maximum atomic E-state index is 13.3. The Morgan fingerprint density at radius 2 is 1.36 bits per heavy atom. The van der Waals surface area contributed by atoms with Crippen molar-refractivity contribution in [3.63, 3.8) is 0 Å². The van der Waals surface area contributed by atoms with Crippen molar-refractivity contribution in [3.8, 4) is 0 Å². The van der Waals surface area contributed by atoms with E-state index in [-0.39, 0.29) is 28.7 Å². The van der Waals surface area contributed by atoms with Gasteiger partial charge < -0.3 is 19.3 Å². The molecule has 0 bridgehead atoms. The zero-order valence-corrected chi connectivity index (χ0v) is 43.6. The predicted octanol–water partition coefficient (Wildman–Crippen LogP) is 15.2. The molecule has 7 atom stereocenters. The van der Waals surface area contributed by atoms with Crippen molar-refractivity contribution in [3.05, 3.63) is 23.3 Å². The molecule has 0 N–H and O–H groups in total. The van der Waals surface area contributed by atoms with Crippen molar-refractivity contribution >= 4 is 28.9 Å². The molecule has 7 unspecified atom stereocenters. The van der Waals surface area contributed by atoms with E-state index in [4.69, 9.17) is 9.47 Å². The zero-order valence-electron chi connectivity index (χ0n) is 42.8. The molecule has 0 aromatic heterocycles. The van der Waals surface area contributed by atoms with Crippen LogP contribution in [0.5, 0.6) is 0 Å². The number of carbonyl (C=O) groups is 3. The number of nitrogens with zero attached hydrogens (tertiary/aromatic N) is 2. The Balaban J connectivity index is 1.12. The first-order chi connectivity index (χ1) is 30.8. The van der Waals surface area contributed by atoms with E-state index in [1.807, 2.05) is 4.90 Å². The molecule has 0 spiro atoms. The van der Waals surface area contributed by atoms with Gasteiger partial charge >= 0.3 is 11.9 Å². The summed E-state index contributed by atoms with van der Waals surface area (Å²) in [5.74, 6) is 4.59. The third kappa shape index (κ3) is 17.7. The van der Waals surface area contributed by atoms with Crippen LogP contribution in [0.25, 0.3) is 0 Å². The zero-order chi connectivity index (χ0) is 46.4. The minimum absolute atomic E-state index is 0.00140. The monoisotopic (exact) mass is 911 g/mol. The standard InChI is InChI=1S/C56H98N2O5S/c1-9-10-11-12-13-18-23-41-62-52(59)28-19-14-16-21-39-58(54(61)64-42-25-38-57(7)8)40-22-17-15-20-29-53(60)63-47-34-36-55(5)46(43-47)30-31-48-50-33-32-49(45(4)27-24-26-44(2)3)56(50,6)37-35-51(48)55/h30-31,44-45,47,49-51H,9-29,32-43H2,1-8H3. The van der Waals surface area contributed by atoms with Crippen LogP contribution in [0.1, 0.15) is 221 Å². The topological polar surface area (TPSA) is 76.1 Å². The summed E-state index contributed by atoms with van der Waals surface area (Å²) < 4.78 is 11.6. The lowest BCUT2D eigenvalue weighted by Crippen LogP contribution is -2.46. The number of allylic oxidation sites excluding steroid dienone is 3. The van der Waals surface area contributed by atoms with Crippen LogP contribution >= 0.6 is 11.8 Å². The van der Waals surface area contributed by atoms with Gasteiger partial charge in [0.05, 0.1) is 6.61 Å². The van der Waals surface area contributed by atoms with Crippen LogP contribution in [-0.2, 0) is 19.1 Å². The van der Waals surface area contributed by atoms with E-state index in [0.717, 1.165) is 139 Å². The summed E-state index contributed by atoms with van der Waals surface area (Å²) in [5, 5.41) is 0.186. The number of carbonyl (C=O) groups excluding carboxylic acids is 3. The normalized spacial score (nSPS) is 25.6. The van der Waals surface area contributed by atoms with Gasteiger partial charge in [0.1, 0.15) is 6.10 Å². The fraction of sp³-hybridized carbons (Fsp3) is 0.875. The van der Waals surface area contributed by atoms with E-state index >= 15 is 0 Å². The molecule has 0 radical (unpaired) electrons. The summed E-state index contributed by atoms with van der Waals surface area (Å²) in [6, 6.07) is 0. The fourth-order valence-corrected chi connectivity index (χ4v) is 13.2. The summed E-state index contributed by atoms with van der Waals surface area (Å²) in [6.45, 7) is 17.8. The summed E-state index contributed by atoms with van der Waals surface area (Å²) in [5.41, 5.74) is 3.94. The van der Waals surface area contributed by atoms with Gasteiger partial charge in [-0.2, -0.15) is 0 Å². The minimum atomic E-state index is -0.0687. The maximum Gasteiger partial charge on any atom is 0.306 e. The minimum Gasteiger partial charge on any atom is -0.466 e. The van der Waals surface area contributed by atoms with Gasteiger partial charge in [-0.1, -0.05) is 160 Å². The molecule has 1 amide bonds. The quantitative estimate of drug-likeness (QED) is 0.0491. The molecule has 368 valence electrons. The van der Waals surface area contributed by atoms with Crippen LogP contribution in [0.4, 0.5) is 4.79 Å². The van der Waals surface area contributed by atoms with Gasteiger partial charge in [-0.3, -0.25) is 14.4 Å². The second-order valence-corrected chi connectivity index (χ2v) is 23.2. The number of fused-ring (bicyclic) bond motifs is 5. The molecule has 7 nitrogen and oxygen atoms in total. The molecule has 8 heteroatoms. The Morgan fingerprint density at radius 3 is 2.05 bits per heavy atom. The number of ether oxygens (including phenoxy) is 2. The Kier molecular flexibility index (Phi) is 25.0. The van der Waals surface area contributed by atoms with Crippen molar-refractivity contribution in [2.45, 2.75) is 227 Å². The molecule has 0 saturated heterocycles. The lowest BCUT2D eigenvalue weighted by atomic mass is 9.50. The molecule has 0 heterocycles. The number of esters is 2. The van der Waals surface area contributed by atoms with Crippen LogP contribution < -0.4 is 0 Å². The van der Waals surface area contributed by atoms with E-state index in [9.17, 15) is 14.4 Å². The van der Waals surface area contributed by atoms with Crippen LogP contribution in [0, 0.1) is 40.4 Å². The van der Waals surface area contributed by atoms with Gasteiger partial charge in [0.2, 0.25) is 0 Å². The Morgan fingerprint density at radius 1 is 0.703 bits per heavy atom. The molecule has 4 rings (SSSR count). The summed E-state index contributed by atoms with van der Waals surface area (Å²) in [4.78, 5) is 42.8. The highest BCUT2D eigenvalue weighted by atomic mass is 32.2. The highest BCUT2D eigenvalue weighted by Crippen LogP contribution is 2.66. The molecule has 0 aromatic rings.